The topological polar surface area (TPSA) is 111 Å². The van der Waals surface area contributed by atoms with E-state index in [4.69, 9.17) is 4.52 Å². The number of carbonyl (C=O) groups is 1. The number of carbonyl (C=O) groups excluding carboxylic acids is 1. The fraction of sp³-hybridized carbons (Fsp3) is 0.409. The van der Waals surface area contributed by atoms with Crippen molar-refractivity contribution in [1.29, 1.82) is 0 Å². The average molecular weight is 494 g/mol. The summed E-state index contributed by atoms with van der Waals surface area (Å²) in [6, 6.07) is 4.53. The number of nitrogens with zero attached hydrogens (tertiary/aromatic N) is 3. The molecule has 5 rings (SSSR count). The Morgan fingerprint density at radius 1 is 1.26 bits per heavy atom. The van der Waals surface area contributed by atoms with Gasteiger partial charge in [0.1, 0.15) is 11.7 Å². The van der Waals surface area contributed by atoms with E-state index in [2.05, 4.69) is 15.5 Å². The summed E-state index contributed by atoms with van der Waals surface area (Å²) in [5.74, 6) is -0.144. The molecule has 1 N–H and O–H groups in total. The summed E-state index contributed by atoms with van der Waals surface area (Å²) in [5, 5.41) is 6.99. The average Bonchev–Trinajstić information content (AvgIpc) is 3.38. The number of pyridine rings is 1. The van der Waals surface area contributed by atoms with Crippen LogP contribution in [-0.4, -0.2) is 38.5 Å². The molecule has 12 heteroatoms. The van der Waals surface area contributed by atoms with Crippen LogP contribution in [0.25, 0.3) is 11.1 Å². The van der Waals surface area contributed by atoms with Crippen LogP contribution in [-0.2, 0) is 20.8 Å². The lowest BCUT2D eigenvalue weighted by atomic mass is 10.0. The van der Waals surface area contributed by atoms with Gasteiger partial charge in [0.25, 0.3) is 11.6 Å². The van der Waals surface area contributed by atoms with Crippen LogP contribution in [0, 0.1) is 0 Å². The van der Waals surface area contributed by atoms with Gasteiger partial charge in [-0.25, -0.2) is 4.98 Å². The van der Waals surface area contributed by atoms with E-state index in [9.17, 15) is 26.7 Å². The van der Waals surface area contributed by atoms with Gasteiger partial charge in [-0.05, 0) is 43.9 Å². The highest BCUT2D eigenvalue weighted by atomic mass is 32.3. The van der Waals surface area contributed by atoms with Crippen molar-refractivity contribution in [3.63, 3.8) is 0 Å². The molecule has 34 heavy (non-hydrogen) atoms. The predicted molar refractivity (Wildman–Crippen MR) is 114 cm³/mol. The van der Waals surface area contributed by atoms with Crippen molar-refractivity contribution in [3.05, 3.63) is 52.8 Å². The van der Waals surface area contributed by atoms with Crippen LogP contribution in [0.15, 0.2) is 39.8 Å². The van der Waals surface area contributed by atoms with Crippen molar-refractivity contribution in [2.75, 3.05) is 13.6 Å². The molecule has 1 aliphatic carbocycles. The van der Waals surface area contributed by atoms with E-state index in [0.29, 0.717) is 30.0 Å². The SMILES string of the molecule is CNC(=O)c1cc(C2CC2)nc2onc(C3CCCN3[S+](=O)([O-])c3cccc(C(F)(F)F)c3)c12. The summed E-state index contributed by atoms with van der Waals surface area (Å²) in [4.78, 5) is 16.7. The molecule has 2 atom stereocenters. The van der Waals surface area contributed by atoms with Gasteiger partial charge in [0, 0.05) is 31.3 Å². The lowest BCUT2D eigenvalue weighted by Gasteiger charge is -2.28. The summed E-state index contributed by atoms with van der Waals surface area (Å²) in [6.07, 6.45) is -1.92. The largest absolute Gasteiger partial charge is 0.593 e. The molecule has 8 nitrogen and oxygen atoms in total. The number of fused-ring (bicyclic) bond motifs is 1. The van der Waals surface area contributed by atoms with Crippen LogP contribution < -0.4 is 5.32 Å². The Labute approximate surface area is 193 Å². The Kier molecular flexibility index (Phi) is 5.49. The first-order valence-electron chi connectivity index (χ1n) is 10.8. The maximum atomic E-state index is 13.4. The minimum Gasteiger partial charge on any atom is -0.593 e. The molecule has 1 amide bonds. The Morgan fingerprint density at radius 3 is 2.71 bits per heavy atom. The van der Waals surface area contributed by atoms with Gasteiger partial charge in [0.05, 0.1) is 16.5 Å². The molecule has 0 radical (unpaired) electrons. The van der Waals surface area contributed by atoms with Gasteiger partial charge in [0.2, 0.25) is 0 Å². The lowest BCUT2D eigenvalue weighted by molar-refractivity contribution is -0.137. The first-order chi connectivity index (χ1) is 16.1. The Morgan fingerprint density at radius 2 is 2.03 bits per heavy atom. The number of rotatable bonds is 5. The number of sulfonamides is 1. The van der Waals surface area contributed by atoms with E-state index in [1.54, 1.807) is 6.07 Å². The van der Waals surface area contributed by atoms with Crippen LogP contribution in [0.2, 0.25) is 0 Å². The van der Waals surface area contributed by atoms with Crippen molar-refractivity contribution < 1.29 is 31.3 Å². The first kappa shape index (κ1) is 22.9. The molecular formula is C22H21F3N4O4S. The number of hydrogen-bond acceptors (Lipinski definition) is 6. The molecule has 1 saturated heterocycles. The fourth-order valence-electron chi connectivity index (χ4n) is 4.39. The number of aromatic nitrogens is 2. The highest BCUT2D eigenvalue weighted by Gasteiger charge is 2.44. The third-order valence-corrected chi connectivity index (χ3v) is 8.15. The molecule has 0 spiro atoms. The van der Waals surface area contributed by atoms with Crippen LogP contribution in [0.5, 0.6) is 0 Å². The van der Waals surface area contributed by atoms with Crippen molar-refractivity contribution in [1.82, 2.24) is 19.8 Å². The molecule has 2 aromatic heterocycles. The normalized spacial score (nSPS) is 21.0. The first-order valence-corrected chi connectivity index (χ1v) is 12.3. The Hall–Kier alpha value is -2.83. The monoisotopic (exact) mass is 494 g/mol. The fourth-order valence-corrected chi connectivity index (χ4v) is 6.10. The second kappa shape index (κ2) is 8.14. The number of alkyl halides is 3. The van der Waals surface area contributed by atoms with Crippen LogP contribution in [0.1, 0.15) is 65.0 Å². The summed E-state index contributed by atoms with van der Waals surface area (Å²) >= 11 is 0. The number of benzene rings is 1. The summed E-state index contributed by atoms with van der Waals surface area (Å²) < 4.78 is 72.9. The maximum absolute atomic E-state index is 13.4. The van der Waals surface area contributed by atoms with Crippen molar-refractivity contribution in [2.45, 2.75) is 48.7 Å². The van der Waals surface area contributed by atoms with E-state index >= 15 is 0 Å². The number of nitrogens with one attached hydrogen (secondary N) is 1. The zero-order valence-corrected chi connectivity index (χ0v) is 18.9. The van der Waals surface area contributed by atoms with Crippen molar-refractivity contribution >= 4 is 27.4 Å². The van der Waals surface area contributed by atoms with Gasteiger partial charge in [-0.15, -0.1) is 4.31 Å². The Balaban J connectivity index is 1.58. The standard InChI is InChI=1S/C22H21F3N4O4S/c1-26-20(30)15-11-16(12-7-8-12)27-21-18(15)19(28-33-21)17-6-3-9-29(17)34(31,32)14-5-2-4-13(10-14)22(23,24)25/h2,4-5,10-12,17H,3,6-9H2,1H3,(H-,26,30,31,32). The second-order valence-corrected chi connectivity index (χ2v) is 10.4. The van der Waals surface area contributed by atoms with Crippen LogP contribution in [0.3, 0.4) is 0 Å². The van der Waals surface area contributed by atoms with Crippen molar-refractivity contribution in [3.8, 4) is 0 Å². The van der Waals surface area contributed by atoms with Gasteiger partial charge >= 0.3 is 6.18 Å². The molecule has 3 aromatic rings. The Bertz CT molecular complexity index is 1320. The molecule has 2 aliphatic rings. The minimum absolute atomic E-state index is 0.0977. The molecule has 180 valence electrons. The summed E-state index contributed by atoms with van der Waals surface area (Å²) in [7, 11) is -2.80. The molecule has 2 fully saturated rings. The van der Waals surface area contributed by atoms with E-state index in [0.717, 1.165) is 35.3 Å². The van der Waals surface area contributed by atoms with Crippen LogP contribution in [0.4, 0.5) is 13.2 Å². The highest BCUT2D eigenvalue weighted by Crippen LogP contribution is 2.44. The quantitative estimate of drug-likeness (QED) is 0.532. The van der Waals surface area contributed by atoms with Crippen LogP contribution >= 0.6 is 0 Å². The third kappa shape index (κ3) is 3.89. The van der Waals surface area contributed by atoms with Crippen molar-refractivity contribution in [2.24, 2.45) is 0 Å². The molecule has 1 saturated carbocycles. The van der Waals surface area contributed by atoms with E-state index in [1.165, 1.54) is 7.05 Å². The number of hydrogen-bond donors (Lipinski definition) is 1. The third-order valence-electron chi connectivity index (χ3n) is 6.25. The molecular weight excluding hydrogens is 473 g/mol. The molecule has 0 bridgehead atoms. The molecule has 1 aliphatic heterocycles. The maximum Gasteiger partial charge on any atom is 0.416 e. The summed E-state index contributed by atoms with van der Waals surface area (Å²) in [6.45, 7) is 0.0977. The van der Waals surface area contributed by atoms with Gasteiger partial charge in [-0.3, -0.25) is 4.79 Å². The summed E-state index contributed by atoms with van der Waals surface area (Å²) in [5.41, 5.74) is 0.329. The smallest absolute Gasteiger partial charge is 0.416 e. The molecule has 3 heterocycles. The van der Waals surface area contributed by atoms with E-state index in [1.807, 2.05) is 0 Å². The molecule has 2 unspecified atom stereocenters. The van der Waals surface area contributed by atoms with Gasteiger partial charge < -0.3 is 14.4 Å². The minimum atomic E-state index is -4.67. The van der Waals surface area contributed by atoms with E-state index in [-0.39, 0.29) is 35.3 Å². The highest BCUT2D eigenvalue weighted by molar-refractivity contribution is 7.95. The second-order valence-electron chi connectivity index (χ2n) is 8.50. The van der Waals surface area contributed by atoms with Gasteiger partial charge in [-0.2, -0.15) is 13.2 Å². The zero-order valence-electron chi connectivity index (χ0n) is 18.1. The number of halogens is 3. The zero-order chi connectivity index (χ0) is 24.3. The molecule has 1 aromatic carbocycles. The lowest BCUT2D eigenvalue weighted by Crippen LogP contribution is -2.36. The van der Waals surface area contributed by atoms with Gasteiger partial charge in [-0.1, -0.05) is 15.4 Å². The predicted octanol–water partition coefficient (Wildman–Crippen LogP) is 4.22. The van der Waals surface area contributed by atoms with E-state index < -0.39 is 33.1 Å². The number of amides is 1. The van der Waals surface area contributed by atoms with Gasteiger partial charge in [0.15, 0.2) is 15.3 Å².